The van der Waals surface area contributed by atoms with Crippen LogP contribution in [0.3, 0.4) is 0 Å². The fourth-order valence-corrected chi connectivity index (χ4v) is 4.84. The van der Waals surface area contributed by atoms with Crippen molar-refractivity contribution in [3.8, 4) is 17.0 Å². The lowest BCUT2D eigenvalue weighted by atomic mass is 10.1. The molecule has 0 spiro atoms. The van der Waals surface area contributed by atoms with Crippen LogP contribution in [-0.2, 0) is 11.3 Å². The number of amides is 2. The quantitative estimate of drug-likeness (QED) is 0.179. The van der Waals surface area contributed by atoms with E-state index in [1.807, 2.05) is 74.6 Å². The molecular weight excluding hydrogens is 578 g/mol. The van der Waals surface area contributed by atoms with Crippen LogP contribution in [0.4, 0.5) is 23.0 Å². The minimum atomic E-state index is -0.266. The molecule has 2 heterocycles. The number of hydrogen-bond acceptors (Lipinski definition) is 8. The van der Waals surface area contributed by atoms with Crippen molar-refractivity contribution >= 4 is 34.8 Å². The Morgan fingerprint density at radius 1 is 1.00 bits per heavy atom. The number of anilines is 4. The Labute approximate surface area is 269 Å². The van der Waals surface area contributed by atoms with Crippen LogP contribution < -0.4 is 20.7 Å². The monoisotopic (exact) mass is 617 g/mol. The molecule has 4 aromatic rings. The average Bonchev–Trinajstić information content (AvgIpc) is 3.02. The molecule has 1 aliphatic rings. The second-order valence-electron chi connectivity index (χ2n) is 11.3. The maximum absolute atomic E-state index is 13.3. The predicted molar refractivity (Wildman–Crippen MR) is 183 cm³/mol. The summed E-state index contributed by atoms with van der Waals surface area (Å²) in [4.78, 5) is 38.8. The lowest BCUT2D eigenvalue weighted by Gasteiger charge is -2.17. The first kappa shape index (κ1) is 32.1. The Morgan fingerprint density at radius 2 is 1.85 bits per heavy atom. The van der Waals surface area contributed by atoms with E-state index in [-0.39, 0.29) is 11.8 Å². The molecule has 1 aliphatic heterocycles. The topological polar surface area (TPSA) is 112 Å². The summed E-state index contributed by atoms with van der Waals surface area (Å²) in [5.74, 6) is 0.733. The molecule has 0 radical (unpaired) electrons. The van der Waals surface area contributed by atoms with Crippen LogP contribution in [-0.4, -0.2) is 72.4 Å². The van der Waals surface area contributed by atoms with E-state index in [0.717, 1.165) is 41.2 Å². The highest BCUT2D eigenvalue weighted by Crippen LogP contribution is 2.26. The van der Waals surface area contributed by atoms with E-state index >= 15 is 0 Å². The van der Waals surface area contributed by atoms with E-state index in [1.165, 1.54) is 6.08 Å². The number of nitrogens with zero attached hydrogens (tertiary/aromatic N) is 4. The number of likely N-dealkylation sites (N-methyl/N-ethyl adjacent to an activating group) is 2. The van der Waals surface area contributed by atoms with Crippen LogP contribution >= 0.6 is 0 Å². The Balaban J connectivity index is 1.36. The van der Waals surface area contributed by atoms with Gasteiger partial charge in [0.25, 0.3) is 5.91 Å². The minimum Gasteiger partial charge on any atom is -0.493 e. The number of benzene rings is 3. The summed E-state index contributed by atoms with van der Waals surface area (Å²) in [5.41, 5.74) is 5.14. The first-order valence-electron chi connectivity index (χ1n) is 15.2. The van der Waals surface area contributed by atoms with Crippen molar-refractivity contribution in [2.24, 2.45) is 0 Å². The largest absolute Gasteiger partial charge is 0.493 e. The number of carbonyl (C=O) groups excluding carboxylic acids is 2. The Morgan fingerprint density at radius 3 is 2.67 bits per heavy atom. The number of aromatic nitrogens is 2. The highest BCUT2D eigenvalue weighted by atomic mass is 16.5. The molecule has 1 aromatic heterocycles. The average molecular weight is 618 g/mol. The third kappa shape index (κ3) is 9.59. The van der Waals surface area contributed by atoms with Gasteiger partial charge in [0, 0.05) is 60.1 Å². The van der Waals surface area contributed by atoms with Crippen molar-refractivity contribution in [1.82, 2.24) is 19.8 Å². The molecule has 236 valence electrons. The van der Waals surface area contributed by atoms with Gasteiger partial charge in [-0.1, -0.05) is 30.4 Å². The molecule has 0 fully saturated rings. The Kier molecular flexibility index (Phi) is 10.9. The van der Waals surface area contributed by atoms with Crippen molar-refractivity contribution in [2.75, 3.05) is 56.8 Å². The fraction of sp³-hybridized carbons (Fsp3) is 0.222. The number of hydrogen-bond donors (Lipinski definition) is 3. The van der Waals surface area contributed by atoms with Gasteiger partial charge in [-0.3, -0.25) is 14.5 Å². The minimum absolute atomic E-state index is 0.225. The summed E-state index contributed by atoms with van der Waals surface area (Å²) in [6.07, 6.45) is 10.1. The molecule has 0 saturated carbocycles. The van der Waals surface area contributed by atoms with Gasteiger partial charge in [-0.25, -0.2) is 9.97 Å². The van der Waals surface area contributed by atoms with Gasteiger partial charge in [-0.15, -0.1) is 0 Å². The van der Waals surface area contributed by atoms with Crippen LogP contribution in [0.1, 0.15) is 22.3 Å². The van der Waals surface area contributed by atoms with Gasteiger partial charge in [0.05, 0.1) is 12.3 Å². The summed E-state index contributed by atoms with van der Waals surface area (Å²) in [6.45, 7) is 2.66. The van der Waals surface area contributed by atoms with Gasteiger partial charge >= 0.3 is 0 Å². The highest BCUT2D eigenvalue weighted by molar-refractivity contribution is 6.05. The molecule has 0 aliphatic carbocycles. The maximum Gasteiger partial charge on any atom is 0.255 e. The maximum atomic E-state index is 13.3. The summed E-state index contributed by atoms with van der Waals surface area (Å²) in [7, 11) is 5.92. The van der Waals surface area contributed by atoms with Crippen LogP contribution in [0.2, 0.25) is 0 Å². The molecule has 3 aromatic carbocycles. The normalized spacial score (nSPS) is 14.4. The molecule has 10 heteroatoms. The second kappa shape index (κ2) is 15.6. The van der Waals surface area contributed by atoms with E-state index in [2.05, 4.69) is 38.0 Å². The van der Waals surface area contributed by atoms with E-state index in [0.29, 0.717) is 42.6 Å². The van der Waals surface area contributed by atoms with Crippen LogP contribution in [0.25, 0.3) is 11.3 Å². The van der Waals surface area contributed by atoms with Gasteiger partial charge in [-0.05, 0) is 93.8 Å². The number of rotatable bonds is 6. The molecule has 46 heavy (non-hydrogen) atoms. The molecule has 6 bridgehead atoms. The van der Waals surface area contributed by atoms with Gasteiger partial charge in [0.2, 0.25) is 11.9 Å². The number of ether oxygens (including phenoxy) is 1. The smallest absolute Gasteiger partial charge is 0.255 e. The van der Waals surface area contributed by atoms with E-state index in [9.17, 15) is 9.59 Å². The third-order valence-electron chi connectivity index (χ3n) is 7.04. The first-order chi connectivity index (χ1) is 22.3. The zero-order chi connectivity index (χ0) is 32.3. The molecule has 10 nitrogen and oxygen atoms in total. The molecular formula is C36H39N7O3. The third-order valence-corrected chi connectivity index (χ3v) is 7.04. The highest BCUT2D eigenvalue weighted by Gasteiger charge is 2.12. The molecule has 0 atom stereocenters. The fourth-order valence-electron chi connectivity index (χ4n) is 4.84. The van der Waals surface area contributed by atoms with Gasteiger partial charge in [0.15, 0.2) is 0 Å². The van der Waals surface area contributed by atoms with Crippen LogP contribution in [0.15, 0.2) is 103 Å². The summed E-state index contributed by atoms with van der Waals surface area (Å²) >= 11 is 0. The molecule has 3 N–H and O–H groups in total. The number of fused-ring (bicyclic) bond motifs is 7. The Hall–Kier alpha value is -5.32. The molecule has 0 unspecified atom stereocenters. The predicted octanol–water partition coefficient (Wildman–Crippen LogP) is 5.97. The molecule has 5 rings (SSSR count). The summed E-state index contributed by atoms with van der Waals surface area (Å²) in [5, 5.41) is 9.17. The molecule has 2 amide bonds. The second-order valence-corrected chi connectivity index (χ2v) is 11.3. The van der Waals surface area contributed by atoms with E-state index in [1.54, 1.807) is 36.5 Å². The van der Waals surface area contributed by atoms with Crippen molar-refractivity contribution < 1.29 is 14.3 Å². The first-order valence-corrected chi connectivity index (χ1v) is 15.2. The standard InChI is InChI=1S/C36H39N7O3/c1-42(2)18-8-11-34(44)38-29-14-12-27(13-15-29)35(45)39-30-21-26-22-31(24-30)40-36-37-17-16-33(41-36)28-9-7-10-32(23-28)46-20-6-4-5-19-43(3)25-26/h4-5,7-17,21-24H,6,18-20,25H2,1-3H3,(H,38,44)(H,39,45)(H,37,40,41)/b5-4+,11-8+. The van der Waals surface area contributed by atoms with Crippen molar-refractivity contribution in [1.29, 1.82) is 0 Å². The summed E-state index contributed by atoms with van der Waals surface area (Å²) in [6, 6.07) is 22.4. The summed E-state index contributed by atoms with van der Waals surface area (Å²) < 4.78 is 5.96. The van der Waals surface area contributed by atoms with Crippen LogP contribution in [0.5, 0.6) is 5.75 Å². The number of nitrogens with one attached hydrogen (secondary N) is 3. The van der Waals surface area contributed by atoms with Gasteiger partial charge in [0.1, 0.15) is 5.75 Å². The lowest BCUT2D eigenvalue weighted by molar-refractivity contribution is -0.111. The van der Waals surface area contributed by atoms with Crippen molar-refractivity contribution in [2.45, 2.75) is 13.0 Å². The van der Waals surface area contributed by atoms with E-state index in [4.69, 9.17) is 9.72 Å². The molecule has 0 saturated heterocycles. The zero-order valence-electron chi connectivity index (χ0n) is 26.4. The van der Waals surface area contributed by atoms with Crippen LogP contribution in [0, 0.1) is 0 Å². The number of carbonyl (C=O) groups is 2. The van der Waals surface area contributed by atoms with Crippen molar-refractivity contribution in [3.05, 3.63) is 114 Å². The van der Waals surface area contributed by atoms with Gasteiger partial charge < -0.3 is 25.6 Å². The van der Waals surface area contributed by atoms with Gasteiger partial charge in [-0.2, -0.15) is 0 Å². The Bertz CT molecular complexity index is 1720. The SMILES string of the molecule is CN(C)C/C=C/C(=O)Nc1ccc(C(=O)Nc2cc3cc(c2)Nc2nccc(n2)-c2cccc(c2)OCC/C=C/CN(C)C3)cc1. The lowest BCUT2D eigenvalue weighted by Crippen LogP contribution is -2.18. The van der Waals surface area contributed by atoms with Crippen molar-refractivity contribution in [3.63, 3.8) is 0 Å². The van der Waals surface area contributed by atoms with E-state index < -0.39 is 0 Å². The zero-order valence-corrected chi connectivity index (χ0v) is 26.4.